The standard InChI is InChI=1S/C12H20N2S/c1-14(9-11-5-7-15-10-11)12-4-2-3-6-13-8-12/h5,7,10,12-13H,2-4,6,8-9H2,1H3. The summed E-state index contributed by atoms with van der Waals surface area (Å²) in [5, 5.41) is 7.93. The highest BCUT2D eigenvalue weighted by Crippen LogP contribution is 2.14. The molecule has 0 bridgehead atoms. The van der Waals surface area contributed by atoms with Crippen LogP contribution >= 0.6 is 11.3 Å². The molecule has 0 radical (unpaired) electrons. The Morgan fingerprint density at radius 3 is 3.27 bits per heavy atom. The van der Waals surface area contributed by atoms with Gasteiger partial charge in [0.15, 0.2) is 0 Å². The van der Waals surface area contributed by atoms with E-state index in [0.717, 1.165) is 13.1 Å². The molecule has 1 aromatic heterocycles. The van der Waals surface area contributed by atoms with Gasteiger partial charge in [-0.2, -0.15) is 11.3 Å². The quantitative estimate of drug-likeness (QED) is 0.847. The van der Waals surface area contributed by atoms with Crippen LogP contribution in [0.3, 0.4) is 0 Å². The first kappa shape index (κ1) is 11.1. The van der Waals surface area contributed by atoms with Crippen LogP contribution in [0.15, 0.2) is 16.8 Å². The van der Waals surface area contributed by atoms with Crippen molar-refractivity contribution >= 4 is 11.3 Å². The van der Waals surface area contributed by atoms with Gasteiger partial charge in [0.1, 0.15) is 0 Å². The van der Waals surface area contributed by atoms with Gasteiger partial charge in [0.05, 0.1) is 0 Å². The van der Waals surface area contributed by atoms with Gasteiger partial charge in [-0.1, -0.05) is 6.42 Å². The van der Waals surface area contributed by atoms with Crippen molar-refractivity contribution in [3.05, 3.63) is 22.4 Å². The highest BCUT2D eigenvalue weighted by Gasteiger charge is 2.16. The molecule has 1 aliphatic heterocycles. The molecule has 1 unspecified atom stereocenters. The molecule has 84 valence electrons. The molecule has 3 heteroatoms. The molecule has 2 heterocycles. The molecular weight excluding hydrogens is 204 g/mol. The topological polar surface area (TPSA) is 15.3 Å². The maximum absolute atomic E-state index is 3.52. The lowest BCUT2D eigenvalue weighted by atomic mass is 10.1. The van der Waals surface area contributed by atoms with Gasteiger partial charge in [-0.3, -0.25) is 4.90 Å². The minimum absolute atomic E-state index is 0.715. The summed E-state index contributed by atoms with van der Waals surface area (Å²) in [6.45, 7) is 3.44. The molecule has 0 amide bonds. The Hall–Kier alpha value is -0.380. The number of hydrogen-bond donors (Lipinski definition) is 1. The Bertz CT molecular complexity index is 263. The Morgan fingerprint density at radius 2 is 2.47 bits per heavy atom. The third kappa shape index (κ3) is 3.30. The van der Waals surface area contributed by atoms with E-state index in [4.69, 9.17) is 0 Å². The highest BCUT2D eigenvalue weighted by atomic mass is 32.1. The second kappa shape index (κ2) is 5.64. The molecule has 2 nitrogen and oxygen atoms in total. The number of nitrogens with one attached hydrogen (secondary N) is 1. The minimum Gasteiger partial charge on any atom is -0.315 e. The molecular formula is C12H20N2S. The summed E-state index contributed by atoms with van der Waals surface area (Å²) in [4.78, 5) is 2.49. The molecule has 0 saturated carbocycles. The van der Waals surface area contributed by atoms with Gasteiger partial charge in [-0.15, -0.1) is 0 Å². The lowest BCUT2D eigenvalue weighted by Gasteiger charge is -2.26. The fourth-order valence-corrected chi connectivity index (χ4v) is 2.84. The van der Waals surface area contributed by atoms with Crippen LogP contribution < -0.4 is 5.32 Å². The summed E-state index contributed by atoms with van der Waals surface area (Å²) < 4.78 is 0. The second-order valence-corrected chi connectivity index (χ2v) is 5.18. The molecule has 1 saturated heterocycles. The van der Waals surface area contributed by atoms with Gasteiger partial charge in [-0.05, 0) is 48.8 Å². The lowest BCUT2D eigenvalue weighted by molar-refractivity contribution is 0.223. The molecule has 0 aromatic carbocycles. The Labute approximate surface area is 96.3 Å². The van der Waals surface area contributed by atoms with E-state index >= 15 is 0 Å². The summed E-state index contributed by atoms with van der Waals surface area (Å²) >= 11 is 1.79. The van der Waals surface area contributed by atoms with Crippen LogP contribution in [0.25, 0.3) is 0 Å². The highest BCUT2D eigenvalue weighted by molar-refractivity contribution is 7.07. The molecule has 1 atom stereocenters. The van der Waals surface area contributed by atoms with E-state index in [1.165, 1.54) is 31.4 Å². The molecule has 0 spiro atoms. The maximum atomic E-state index is 3.52. The van der Waals surface area contributed by atoms with E-state index in [0.29, 0.717) is 6.04 Å². The second-order valence-electron chi connectivity index (χ2n) is 4.40. The number of hydrogen-bond acceptors (Lipinski definition) is 3. The van der Waals surface area contributed by atoms with Crippen molar-refractivity contribution in [2.75, 3.05) is 20.1 Å². The first-order chi connectivity index (χ1) is 7.36. The van der Waals surface area contributed by atoms with E-state index in [1.54, 1.807) is 11.3 Å². The lowest BCUT2D eigenvalue weighted by Crippen LogP contribution is -2.38. The maximum Gasteiger partial charge on any atom is 0.0242 e. The molecule has 1 N–H and O–H groups in total. The largest absolute Gasteiger partial charge is 0.315 e. The van der Waals surface area contributed by atoms with Crippen molar-refractivity contribution in [2.45, 2.75) is 31.8 Å². The number of likely N-dealkylation sites (N-methyl/N-ethyl adjacent to an activating group) is 1. The molecule has 15 heavy (non-hydrogen) atoms. The zero-order chi connectivity index (χ0) is 10.5. The van der Waals surface area contributed by atoms with Crippen LogP contribution in [-0.4, -0.2) is 31.1 Å². The molecule has 1 aromatic rings. The number of rotatable bonds is 3. The zero-order valence-electron chi connectivity index (χ0n) is 9.41. The predicted octanol–water partition coefficient (Wildman–Crippen LogP) is 2.32. The van der Waals surface area contributed by atoms with E-state index in [9.17, 15) is 0 Å². The van der Waals surface area contributed by atoms with E-state index in [1.807, 2.05) is 0 Å². The van der Waals surface area contributed by atoms with E-state index < -0.39 is 0 Å². The van der Waals surface area contributed by atoms with Crippen molar-refractivity contribution in [3.8, 4) is 0 Å². The van der Waals surface area contributed by atoms with Crippen LogP contribution in [0.2, 0.25) is 0 Å². The predicted molar refractivity (Wildman–Crippen MR) is 66.3 cm³/mol. The van der Waals surface area contributed by atoms with Gasteiger partial charge in [-0.25, -0.2) is 0 Å². The first-order valence-electron chi connectivity index (χ1n) is 5.78. The van der Waals surface area contributed by atoms with E-state index in [2.05, 4.69) is 34.1 Å². The van der Waals surface area contributed by atoms with Gasteiger partial charge < -0.3 is 5.32 Å². The third-order valence-electron chi connectivity index (χ3n) is 3.16. The van der Waals surface area contributed by atoms with Gasteiger partial charge in [0, 0.05) is 19.1 Å². The van der Waals surface area contributed by atoms with Crippen molar-refractivity contribution in [2.24, 2.45) is 0 Å². The Kier molecular flexibility index (Phi) is 4.18. The van der Waals surface area contributed by atoms with E-state index in [-0.39, 0.29) is 0 Å². The summed E-state index contributed by atoms with van der Waals surface area (Å²) in [5.41, 5.74) is 1.45. The van der Waals surface area contributed by atoms with Crippen molar-refractivity contribution in [1.29, 1.82) is 0 Å². The Morgan fingerprint density at radius 1 is 1.53 bits per heavy atom. The molecule has 1 aliphatic rings. The summed E-state index contributed by atoms with van der Waals surface area (Å²) in [5.74, 6) is 0. The molecule has 1 fully saturated rings. The number of thiophene rings is 1. The first-order valence-corrected chi connectivity index (χ1v) is 6.72. The Balaban J connectivity index is 1.86. The summed E-state index contributed by atoms with van der Waals surface area (Å²) in [6, 6.07) is 2.94. The van der Waals surface area contributed by atoms with Gasteiger partial charge >= 0.3 is 0 Å². The fraction of sp³-hybridized carbons (Fsp3) is 0.667. The smallest absolute Gasteiger partial charge is 0.0242 e. The molecule has 2 rings (SSSR count). The SMILES string of the molecule is CN(Cc1ccsc1)C1CCCCNC1. The van der Waals surface area contributed by atoms with Crippen LogP contribution in [0.4, 0.5) is 0 Å². The van der Waals surface area contributed by atoms with Crippen LogP contribution in [0.5, 0.6) is 0 Å². The van der Waals surface area contributed by atoms with Crippen molar-refractivity contribution in [1.82, 2.24) is 10.2 Å². The van der Waals surface area contributed by atoms with Gasteiger partial charge in [0.2, 0.25) is 0 Å². The average molecular weight is 224 g/mol. The normalized spacial score (nSPS) is 22.9. The van der Waals surface area contributed by atoms with Crippen molar-refractivity contribution in [3.63, 3.8) is 0 Å². The zero-order valence-corrected chi connectivity index (χ0v) is 10.2. The third-order valence-corrected chi connectivity index (χ3v) is 3.89. The minimum atomic E-state index is 0.715. The summed E-state index contributed by atoms with van der Waals surface area (Å²) in [7, 11) is 2.25. The summed E-state index contributed by atoms with van der Waals surface area (Å²) in [6.07, 6.45) is 4.04. The van der Waals surface area contributed by atoms with Crippen LogP contribution in [0, 0.1) is 0 Å². The molecule has 0 aliphatic carbocycles. The van der Waals surface area contributed by atoms with Crippen LogP contribution in [0.1, 0.15) is 24.8 Å². The van der Waals surface area contributed by atoms with Crippen LogP contribution in [-0.2, 0) is 6.54 Å². The van der Waals surface area contributed by atoms with Crippen molar-refractivity contribution < 1.29 is 0 Å². The van der Waals surface area contributed by atoms with Gasteiger partial charge in [0.25, 0.3) is 0 Å². The monoisotopic (exact) mass is 224 g/mol. The fourth-order valence-electron chi connectivity index (χ4n) is 2.18. The average Bonchev–Trinajstić information content (AvgIpc) is 2.58. The number of nitrogens with zero attached hydrogens (tertiary/aromatic N) is 1.